The number of hydrogen-bond donors (Lipinski definition) is 4. The van der Waals surface area contributed by atoms with E-state index in [0.29, 0.717) is 0 Å². The Labute approximate surface area is 125 Å². The molecule has 0 saturated carbocycles. The number of carboxylic acid groups (broad SMARTS) is 2. The van der Waals surface area contributed by atoms with Crippen LogP contribution in [-0.4, -0.2) is 39.5 Å². The molecule has 0 atom stereocenters. The molecule has 5 N–H and O–H groups in total. The van der Waals surface area contributed by atoms with E-state index in [2.05, 4.69) is 5.32 Å². The van der Waals surface area contributed by atoms with Gasteiger partial charge in [-0.1, -0.05) is 0 Å². The minimum absolute atomic E-state index is 0.332. The number of aromatic carboxylic acids is 2. The lowest BCUT2D eigenvalue weighted by Gasteiger charge is -2.21. The zero-order chi connectivity index (χ0) is 17.2. The first-order valence-corrected chi connectivity index (χ1v) is 6.21. The number of primary amides is 1. The van der Waals surface area contributed by atoms with Gasteiger partial charge in [0.15, 0.2) is 0 Å². The summed E-state index contributed by atoms with van der Waals surface area (Å²) in [5, 5.41) is 20.7. The van der Waals surface area contributed by atoms with Crippen molar-refractivity contribution in [2.24, 2.45) is 5.73 Å². The van der Waals surface area contributed by atoms with Crippen LogP contribution in [0.25, 0.3) is 0 Å². The van der Waals surface area contributed by atoms with E-state index in [-0.39, 0.29) is 5.56 Å². The van der Waals surface area contributed by atoms with E-state index < -0.39 is 46.0 Å². The molecule has 8 heteroatoms. The second-order valence-electron chi connectivity index (χ2n) is 5.62. The molecule has 0 radical (unpaired) electrons. The molecule has 1 aromatic rings. The quantitative estimate of drug-likeness (QED) is 0.644. The third kappa shape index (κ3) is 3.81. The van der Waals surface area contributed by atoms with E-state index in [4.69, 9.17) is 15.9 Å². The molecule has 2 amide bonds. The van der Waals surface area contributed by atoms with Gasteiger partial charge < -0.3 is 21.3 Å². The van der Waals surface area contributed by atoms with Crippen LogP contribution in [-0.2, 0) is 0 Å². The number of carboxylic acids is 2. The molecule has 118 valence electrons. The maximum absolute atomic E-state index is 12.2. The highest BCUT2D eigenvalue weighted by Gasteiger charge is 2.26. The molecular formula is C14H16N2O6. The van der Waals surface area contributed by atoms with Gasteiger partial charge in [0.2, 0.25) is 5.91 Å². The lowest BCUT2D eigenvalue weighted by molar-refractivity contribution is 0.0687. The van der Waals surface area contributed by atoms with Crippen molar-refractivity contribution >= 4 is 23.8 Å². The number of nitrogens with two attached hydrogens (primary N) is 1. The Morgan fingerprint density at radius 3 is 1.68 bits per heavy atom. The van der Waals surface area contributed by atoms with Gasteiger partial charge >= 0.3 is 11.9 Å². The molecule has 0 unspecified atom stereocenters. The number of carbonyl (C=O) groups excluding carboxylic acids is 2. The zero-order valence-corrected chi connectivity index (χ0v) is 12.3. The van der Waals surface area contributed by atoms with Gasteiger partial charge in [0, 0.05) is 5.54 Å². The molecule has 22 heavy (non-hydrogen) atoms. The average molecular weight is 308 g/mol. The molecule has 0 spiro atoms. The number of amides is 2. The maximum Gasteiger partial charge on any atom is 0.336 e. The van der Waals surface area contributed by atoms with Crippen LogP contribution in [0.4, 0.5) is 0 Å². The van der Waals surface area contributed by atoms with Crippen LogP contribution in [0.15, 0.2) is 12.1 Å². The zero-order valence-electron chi connectivity index (χ0n) is 12.3. The molecule has 0 bridgehead atoms. The Hall–Kier alpha value is -2.90. The van der Waals surface area contributed by atoms with Gasteiger partial charge in [-0.15, -0.1) is 0 Å². The van der Waals surface area contributed by atoms with Crippen molar-refractivity contribution in [3.8, 4) is 0 Å². The summed E-state index contributed by atoms with van der Waals surface area (Å²) in [5.74, 6) is -4.82. The first kappa shape index (κ1) is 17.2. The van der Waals surface area contributed by atoms with Crippen molar-refractivity contribution < 1.29 is 29.4 Å². The number of benzene rings is 1. The van der Waals surface area contributed by atoms with Crippen LogP contribution >= 0.6 is 0 Å². The summed E-state index contributed by atoms with van der Waals surface area (Å²) in [4.78, 5) is 45.9. The molecule has 0 fully saturated rings. The summed E-state index contributed by atoms with van der Waals surface area (Å²) in [5.41, 5.74) is 2.58. The van der Waals surface area contributed by atoms with Crippen molar-refractivity contribution in [2.75, 3.05) is 0 Å². The Kier molecular flexibility index (Phi) is 4.55. The highest BCUT2D eigenvalue weighted by Crippen LogP contribution is 2.19. The molecule has 8 nitrogen and oxygen atoms in total. The summed E-state index contributed by atoms with van der Waals surface area (Å²) in [6.07, 6.45) is 0. The first-order chi connectivity index (χ1) is 9.94. The normalized spacial score (nSPS) is 10.9. The highest BCUT2D eigenvalue weighted by molar-refractivity contribution is 6.11. The predicted molar refractivity (Wildman–Crippen MR) is 76.1 cm³/mol. The van der Waals surface area contributed by atoms with E-state index in [1.807, 2.05) is 0 Å². The fourth-order valence-electron chi connectivity index (χ4n) is 1.75. The summed E-state index contributed by atoms with van der Waals surface area (Å²) in [7, 11) is 0. The lowest BCUT2D eigenvalue weighted by atomic mass is 9.96. The van der Waals surface area contributed by atoms with Crippen LogP contribution in [0.1, 0.15) is 62.2 Å². The third-order valence-corrected chi connectivity index (χ3v) is 2.62. The van der Waals surface area contributed by atoms with E-state index in [1.54, 1.807) is 20.8 Å². The van der Waals surface area contributed by atoms with Crippen LogP contribution in [0.3, 0.4) is 0 Å². The lowest BCUT2D eigenvalue weighted by Crippen LogP contribution is -2.41. The largest absolute Gasteiger partial charge is 0.478 e. The Balaban J connectivity index is 3.59. The highest BCUT2D eigenvalue weighted by atomic mass is 16.4. The third-order valence-electron chi connectivity index (χ3n) is 2.62. The van der Waals surface area contributed by atoms with E-state index in [0.717, 1.165) is 12.1 Å². The fraction of sp³-hybridized carbons (Fsp3) is 0.286. The second kappa shape index (κ2) is 5.84. The van der Waals surface area contributed by atoms with Crippen molar-refractivity contribution in [1.82, 2.24) is 5.32 Å². The average Bonchev–Trinajstić information content (AvgIpc) is 2.34. The topological polar surface area (TPSA) is 147 Å². The van der Waals surface area contributed by atoms with Crippen LogP contribution < -0.4 is 11.1 Å². The van der Waals surface area contributed by atoms with Gasteiger partial charge in [-0.25, -0.2) is 9.59 Å². The molecule has 1 rings (SSSR count). The van der Waals surface area contributed by atoms with Crippen LogP contribution in [0, 0.1) is 0 Å². The van der Waals surface area contributed by atoms with Gasteiger partial charge in [0.05, 0.1) is 22.3 Å². The summed E-state index contributed by atoms with van der Waals surface area (Å²) in [6.45, 7) is 5.06. The maximum atomic E-state index is 12.2. The molecule has 0 aliphatic carbocycles. The molecule has 0 heterocycles. The fourth-order valence-corrected chi connectivity index (χ4v) is 1.75. The number of carbonyl (C=O) groups is 4. The Bertz CT molecular complexity index is 673. The van der Waals surface area contributed by atoms with Gasteiger partial charge in [-0.05, 0) is 32.9 Å². The molecule has 0 aliphatic rings. The number of nitrogens with one attached hydrogen (secondary N) is 1. The van der Waals surface area contributed by atoms with E-state index in [1.165, 1.54) is 0 Å². The summed E-state index contributed by atoms with van der Waals surface area (Å²) < 4.78 is 0. The van der Waals surface area contributed by atoms with Crippen molar-refractivity contribution in [3.05, 3.63) is 34.4 Å². The molecule has 0 aliphatic heterocycles. The first-order valence-electron chi connectivity index (χ1n) is 6.21. The monoisotopic (exact) mass is 308 g/mol. The summed E-state index contributed by atoms with van der Waals surface area (Å²) in [6, 6.07) is 1.64. The second-order valence-corrected chi connectivity index (χ2v) is 5.62. The molecule has 0 aromatic heterocycles. The standard InChI is InChI=1S/C14H16N2O6/c1-14(2,3)16-11(18)7-4-6(10(15)17)8(12(19)20)5-9(7)13(21)22/h4-5H,1-3H3,(H2,15,17)(H,16,18)(H,19,20)(H,21,22). The summed E-state index contributed by atoms with van der Waals surface area (Å²) >= 11 is 0. The minimum atomic E-state index is -1.51. The van der Waals surface area contributed by atoms with Gasteiger partial charge in [-0.2, -0.15) is 0 Å². The SMILES string of the molecule is CC(C)(C)NC(=O)c1cc(C(N)=O)c(C(=O)O)cc1C(=O)O. The van der Waals surface area contributed by atoms with Gasteiger partial charge in [-0.3, -0.25) is 9.59 Å². The smallest absolute Gasteiger partial charge is 0.336 e. The van der Waals surface area contributed by atoms with Crippen molar-refractivity contribution in [3.63, 3.8) is 0 Å². The Morgan fingerprint density at radius 2 is 1.32 bits per heavy atom. The van der Waals surface area contributed by atoms with Crippen molar-refractivity contribution in [1.29, 1.82) is 0 Å². The number of rotatable bonds is 4. The molecule has 1 aromatic carbocycles. The predicted octanol–water partition coefficient (Wildman–Crippen LogP) is 0.710. The van der Waals surface area contributed by atoms with Crippen LogP contribution in [0.5, 0.6) is 0 Å². The van der Waals surface area contributed by atoms with Gasteiger partial charge in [0.1, 0.15) is 0 Å². The molecule has 0 saturated heterocycles. The number of hydrogen-bond acceptors (Lipinski definition) is 4. The van der Waals surface area contributed by atoms with Crippen LogP contribution in [0.2, 0.25) is 0 Å². The Morgan fingerprint density at radius 1 is 0.909 bits per heavy atom. The minimum Gasteiger partial charge on any atom is -0.478 e. The van der Waals surface area contributed by atoms with E-state index in [9.17, 15) is 19.2 Å². The molecular weight excluding hydrogens is 292 g/mol. The van der Waals surface area contributed by atoms with Crippen molar-refractivity contribution in [2.45, 2.75) is 26.3 Å². The van der Waals surface area contributed by atoms with Gasteiger partial charge in [0.25, 0.3) is 5.91 Å². The van der Waals surface area contributed by atoms with E-state index >= 15 is 0 Å².